The molecular formula is C18H20Cl3NO3. The zero-order valence-electron chi connectivity index (χ0n) is 14.1. The van der Waals surface area contributed by atoms with Crippen molar-refractivity contribution in [2.45, 2.75) is 55.5 Å². The molecule has 3 rings (SSSR count). The third-order valence-electron chi connectivity index (χ3n) is 5.39. The number of aryl methyl sites for hydroxylation is 1. The molecule has 25 heavy (non-hydrogen) atoms. The van der Waals surface area contributed by atoms with Gasteiger partial charge in [-0.05, 0) is 49.8 Å². The van der Waals surface area contributed by atoms with E-state index in [9.17, 15) is 9.59 Å². The molecule has 1 aliphatic heterocycles. The lowest BCUT2D eigenvalue weighted by atomic mass is 9.75. The maximum atomic E-state index is 13.4. The van der Waals surface area contributed by atoms with Gasteiger partial charge in [0, 0.05) is 22.7 Å². The number of carbonyl (C=O) groups is 2. The molecule has 7 heteroatoms. The number of alkyl halides is 1. The van der Waals surface area contributed by atoms with Crippen molar-refractivity contribution in [1.82, 2.24) is 5.32 Å². The molecule has 1 spiro atoms. The van der Waals surface area contributed by atoms with E-state index in [0.29, 0.717) is 48.3 Å². The minimum absolute atomic E-state index is 0.103. The van der Waals surface area contributed by atoms with Gasteiger partial charge in [-0.25, -0.2) is 0 Å². The van der Waals surface area contributed by atoms with Gasteiger partial charge in [-0.2, -0.15) is 0 Å². The van der Waals surface area contributed by atoms with Gasteiger partial charge in [0.1, 0.15) is 5.54 Å². The highest BCUT2D eigenvalue weighted by atomic mass is 35.5. The fourth-order valence-corrected chi connectivity index (χ4v) is 5.16. The van der Waals surface area contributed by atoms with Crippen molar-refractivity contribution in [1.29, 1.82) is 0 Å². The maximum Gasteiger partial charge on any atom is 0.254 e. The third kappa shape index (κ3) is 2.87. The lowest BCUT2D eigenvalue weighted by Gasteiger charge is -2.35. The molecule has 1 heterocycles. The molecule has 4 nitrogen and oxygen atoms in total. The van der Waals surface area contributed by atoms with E-state index in [-0.39, 0.29) is 16.9 Å². The van der Waals surface area contributed by atoms with E-state index in [1.54, 1.807) is 13.2 Å². The first-order valence-electron chi connectivity index (χ1n) is 8.36. The molecule has 0 aromatic heterocycles. The Morgan fingerprint density at radius 2 is 1.88 bits per heavy atom. The first-order chi connectivity index (χ1) is 11.8. The highest BCUT2D eigenvalue weighted by Crippen LogP contribution is 2.48. The molecule has 2 fully saturated rings. The van der Waals surface area contributed by atoms with Gasteiger partial charge in [0.05, 0.1) is 6.10 Å². The Morgan fingerprint density at radius 1 is 1.24 bits per heavy atom. The second kappa shape index (κ2) is 6.73. The number of carbonyl (C=O) groups excluding carboxylic acids is 2. The number of ether oxygens (including phenoxy) is 1. The number of hydrogen-bond donors (Lipinski definition) is 1. The number of hydrogen-bond acceptors (Lipinski definition) is 3. The van der Waals surface area contributed by atoms with Crippen LogP contribution in [-0.2, 0) is 25.6 Å². The van der Waals surface area contributed by atoms with Gasteiger partial charge < -0.3 is 10.1 Å². The van der Waals surface area contributed by atoms with Gasteiger partial charge in [-0.1, -0.05) is 41.7 Å². The Morgan fingerprint density at radius 3 is 2.44 bits per heavy atom. The zero-order chi connectivity index (χ0) is 18.4. The fraction of sp³-hybridized carbons (Fsp3) is 0.556. The molecular weight excluding hydrogens is 385 g/mol. The summed E-state index contributed by atoms with van der Waals surface area (Å²) in [6.07, 6.45) is 3.08. The predicted molar refractivity (Wildman–Crippen MR) is 98.5 cm³/mol. The average Bonchev–Trinajstić information content (AvgIpc) is 2.76. The van der Waals surface area contributed by atoms with Crippen LogP contribution in [0.15, 0.2) is 12.1 Å². The van der Waals surface area contributed by atoms with Crippen LogP contribution in [-0.4, -0.2) is 30.4 Å². The van der Waals surface area contributed by atoms with Crippen molar-refractivity contribution in [3.8, 4) is 0 Å². The summed E-state index contributed by atoms with van der Waals surface area (Å²) in [6, 6.07) is 3.23. The van der Waals surface area contributed by atoms with Gasteiger partial charge in [-0.15, -0.1) is 0 Å². The number of nitrogens with one attached hydrogen (secondary N) is 1. The Kier molecular flexibility index (Phi) is 5.11. The van der Waals surface area contributed by atoms with Crippen molar-refractivity contribution < 1.29 is 14.3 Å². The quantitative estimate of drug-likeness (QED) is 0.611. The first kappa shape index (κ1) is 19.0. The topological polar surface area (TPSA) is 55.4 Å². The van der Waals surface area contributed by atoms with Gasteiger partial charge in [0.2, 0.25) is 4.87 Å². The number of Topliss-reactive ketones (excluding diaryl/α,β-unsaturated/α-hetero) is 1. The van der Waals surface area contributed by atoms with E-state index in [0.717, 1.165) is 0 Å². The van der Waals surface area contributed by atoms with Crippen LogP contribution in [0, 0.1) is 0 Å². The number of amides is 1. The van der Waals surface area contributed by atoms with Crippen LogP contribution < -0.4 is 5.32 Å². The highest BCUT2D eigenvalue weighted by molar-refractivity contribution is 6.51. The minimum atomic E-state index is -1.81. The van der Waals surface area contributed by atoms with Crippen LogP contribution in [0.2, 0.25) is 10.0 Å². The molecule has 2 aliphatic rings. The van der Waals surface area contributed by atoms with Gasteiger partial charge in [-0.3, -0.25) is 9.59 Å². The van der Waals surface area contributed by atoms with Crippen molar-refractivity contribution in [2.75, 3.05) is 7.11 Å². The number of rotatable bonds is 3. The lowest BCUT2D eigenvalue weighted by Crippen LogP contribution is -2.50. The Hall–Kier alpha value is -0.810. The van der Waals surface area contributed by atoms with Crippen LogP contribution in [0.1, 0.15) is 43.7 Å². The fourth-order valence-electron chi connectivity index (χ4n) is 3.98. The van der Waals surface area contributed by atoms with Gasteiger partial charge in [0.15, 0.2) is 5.78 Å². The second-order valence-electron chi connectivity index (χ2n) is 6.73. The summed E-state index contributed by atoms with van der Waals surface area (Å²) in [7, 11) is 1.66. The Labute approximate surface area is 162 Å². The third-order valence-corrected chi connectivity index (χ3v) is 6.44. The summed E-state index contributed by atoms with van der Waals surface area (Å²) in [4.78, 5) is 24.4. The van der Waals surface area contributed by atoms with E-state index in [4.69, 9.17) is 39.5 Å². The summed E-state index contributed by atoms with van der Waals surface area (Å²) in [5.41, 5.74) is 0.122. The summed E-state index contributed by atoms with van der Waals surface area (Å²) in [5, 5.41) is 3.57. The molecule has 1 aliphatic carbocycles. The van der Waals surface area contributed by atoms with E-state index >= 15 is 0 Å². The van der Waals surface area contributed by atoms with Crippen molar-refractivity contribution in [3.05, 3.63) is 33.3 Å². The monoisotopic (exact) mass is 403 g/mol. The number of halogens is 3. The van der Waals surface area contributed by atoms with Crippen LogP contribution in [0.25, 0.3) is 0 Å². The molecule has 1 aromatic rings. The summed E-state index contributed by atoms with van der Waals surface area (Å²) in [5.74, 6) is -0.825. The second-order valence-corrected chi connectivity index (χ2v) is 8.14. The number of ketones is 1. The highest BCUT2D eigenvalue weighted by Gasteiger charge is 2.64. The Bertz CT molecular complexity index is 729. The Balaban J connectivity index is 2.06. The van der Waals surface area contributed by atoms with Crippen molar-refractivity contribution in [3.63, 3.8) is 0 Å². The minimum Gasteiger partial charge on any atom is -0.381 e. The first-order valence-corrected chi connectivity index (χ1v) is 9.49. The molecule has 1 saturated carbocycles. The van der Waals surface area contributed by atoms with Gasteiger partial charge in [0.25, 0.3) is 5.91 Å². The van der Waals surface area contributed by atoms with Crippen LogP contribution >= 0.6 is 34.8 Å². The van der Waals surface area contributed by atoms with Crippen molar-refractivity contribution >= 4 is 46.5 Å². The van der Waals surface area contributed by atoms with E-state index in [1.807, 2.05) is 6.92 Å². The van der Waals surface area contributed by atoms with Crippen LogP contribution in [0.3, 0.4) is 0 Å². The largest absolute Gasteiger partial charge is 0.381 e. The van der Waals surface area contributed by atoms with Crippen LogP contribution in [0.4, 0.5) is 0 Å². The number of methoxy groups -OCH3 is 1. The molecule has 1 unspecified atom stereocenters. The molecule has 1 amide bonds. The number of benzene rings is 1. The van der Waals surface area contributed by atoms with Crippen LogP contribution in [0.5, 0.6) is 0 Å². The summed E-state index contributed by atoms with van der Waals surface area (Å²) < 4.78 is 5.37. The molecule has 0 bridgehead atoms. The zero-order valence-corrected chi connectivity index (χ0v) is 16.4. The molecule has 1 N–H and O–H groups in total. The molecule has 1 aromatic carbocycles. The van der Waals surface area contributed by atoms with E-state index < -0.39 is 16.3 Å². The normalized spacial score (nSPS) is 32.3. The molecule has 1 atom stereocenters. The molecule has 0 radical (unpaired) electrons. The van der Waals surface area contributed by atoms with Gasteiger partial charge >= 0.3 is 0 Å². The molecule has 136 valence electrons. The predicted octanol–water partition coefficient (Wildman–Crippen LogP) is 4.02. The summed E-state index contributed by atoms with van der Waals surface area (Å²) >= 11 is 19.1. The summed E-state index contributed by atoms with van der Waals surface area (Å²) in [6.45, 7) is 1.91. The molecule has 1 saturated heterocycles. The smallest absolute Gasteiger partial charge is 0.254 e. The average molecular weight is 405 g/mol. The standard InChI is InChI=1S/C18H20Cl3NO3/c1-3-10-8-11(19)9-13(20)14(10)18(21)15(23)17(22-16(18)24)6-4-12(25-2)5-7-17/h8-9,12H,3-7H2,1-2H3,(H,22,24). The van der Waals surface area contributed by atoms with E-state index in [2.05, 4.69) is 5.32 Å². The SMILES string of the molecule is CCc1cc(Cl)cc(Cl)c1C1(Cl)C(=O)NC2(CCC(OC)CC2)C1=O. The van der Waals surface area contributed by atoms with Crippen molar-refractivity contribution in [2.24, 2.45) is 0 Å². The van der Waals surface area contributed by atoms with E-state index in [1.165, 1.54) is 6.07 Å². The lowest BCUT2D eigenvalue weighted by molar-refractivity contribution is -0.128. The maximum absolute atomic E-state index is 13.4.